The standard InChI is InChI=1S/C12H16FN3/c1-9(16(2)3)8-15-12-5-4-11(13)6-10(12)7-14/h4-6,9,15H,8H2,1-3H3. The number of hydrogen-bond acceptors (Lipinski definition) is 3. The smallest absolute Gasteiger partial charge is 0.124 e. The number of nitrogens with zero attached hydrogens (tertiary/aromatic N) is 2. The zero-order valence-corrected chi connectivity index (χ0v) is 9.79. The van der Waals surface area contributed by atoms with E-state index in [2.05, 4.69) is 17.1 Å². The van der Waals surface area contributed by atoms with Crippen LogP contribution in [0.25, 0.3) is 0 Å². The number of nitriles is 1. The topological polar surface area (TPSA) is 39.1 Å². The van der Waals surface area contributed by atoms with Crippen molar-refractivity contribution in [1.29, 1.82) is 5.26 Å². The van der Waals surface area contributed by atoms with Gasteiger partial charge in [-0.15, -0.1) is 0 Å². The van der Waals surface area contributed by atoms with Crippen molar-refractivity contribution in [3.05, 3.63) is 29.6 Å². The fraction of sp³-hybridized carbons (Fsp3) is 0.417. The third kappa shape index (κ3) is 3.21. The number of benzene rings is 1. The van der Waals surface area contributed by atoms with Gasteiger partial charge in [-0.25, -0.2) is 4.39 Å². The molecule has 1 rings (SSSR count). The number of hydrogen-bond donors (Lipinski definition) is 1. The lowest BCUT2D eigenvalue weighted by Gasteiger charge is -2.20. The lowest BCUT2D eigenvalue weighted by atomic mass is 10.2. The van der Waals surface area contributed by atoms with Crippen LogP contribution in [0.3, 0.4) is 0 Å². The summed E-state index contributed by atoms with van der Waals surface area (Å²) >= 11 is 0. The van der Waals surface area contributed by atoms with Crippen LogP contribution in [-0.4, -0.2) is 31.6 Å². The van der Waals surface area contributed by atoms with Gasteiger partial charge in [-0.1, -0.05) is 0 Å². The first-order chi connectivity index (χ1) is 7.54. The molecular formula is C12H16FN3. The number of likely N-dealkylation sites (N-methyl/N-ethyl adjacent to an activating group) is 1. The average molecular weight is 221 g/mol. The second-order valence-electron chi connectivity index (χ2n) is 4.00. The largest absolute Gasteiger partial charge is 0.382 e. The molecule has 0 aliphatic carbocycles. The van der Waals surface area contributed by atoms with Crippen molar-refractivity contribution in [2.75, 3.05) is 26.0 Å². The van der Waals surface area contributed by atoms with E-state index < -0.39 is 0 Å². The minimum absolute atomic E-state index is 0.339. The van der Waals surface area contributed by atoms with Crippen molar-refractivity contribution in [3.8, 4) is 6.07 Å². The minimum atomic E-state index is -0.386. The molecule has 0 saturated heterocycles. The highest BCUT2D eigenvalue weighted by atomic mass is 19.1. The summed E-state index contributed by atoms with van der Waals surface area (Å²) in [7, 11) is 3.98. The molecule has 0 fully saturated rings. The minimum Gasteiger partial charge on any atom is -0.382 e. The molecular weight excluding hydrogens is 205 g/mol. The van der Waals surface area contributed by atoms with Crippen molar-refractivity contribution < 1.29 is 4.39 Å². The zero-order valence-electron chi connectivity index (χ0n) is 9.79. The average Bonchev–Trinajstić information content (AvgIpc) is 2.26. The van der Waals surface area contributed by atoms with Gasteiger partial charge in [-0.2, -0.15) is 5.26 Å². The highest BCUT2D eigenvalue weighted by Crippen LogP contribution is 2.15. The van der Waals surface area contributed by atoms with E-state index in [-0.39, 0.29) is 5.82 Å². The van der Waals surface area contributed by atoms with E-state index >= 15 is 0 Å². The highest BCUT2D eigenvalue weighted by molar-refractivity contribution is 5.57. The monoisotopic (exact) mass is 221 g/mol. The van der Waals surface area contributed by atoms with Gasteiger partial charge >= 0.3 is 0 Å². The Bertz CT molecular complexity index is 396. The lowest BCUT2D eigenvalue weighted by Crippen LogP contribution is -2.31. The van der Waals surface area contributed by atoms with Crippen molar-refractivity contribution in [2.24, 2.45) is 0 Å². The first kappa shape index (κ1) is 12.5. The zero-order chi connectivity index (χ0) is 12.1. The van der Waals surface area contributed by atoms with Crippen LogP contribution in [0, 0.1) is 17.1 Å². The molecule has 0 bridgehead atoms. The molecule has 0 saturated carbocycles. The van der Waals surface area contributed by atoms with E-state index in [0.29, 0.717) is 23.8 Å². The fourth-order valence-electron chi connectivity index (χ4n) is 1.20. The van der Waals surface area contributed by atoms with Crippen LogP contribution in [0.5, 0.6) is 0 Å². The molecule has 0 radical (unpaired) electrons. The Morgan fingerprint density at radius 1 is 1.50 bits per heavy atom. The van der Waals surface area contributed by atoms with E-state index in [1.807, 2.05) is 20.2 Å². The van der Waals surface area contributed by atoms with Gasteiger partial charge in [0.15, 0.2) is 0 Å². The Kier molecular flexibility index (Phi) is 4.27. The van der Waals surface area contributed by atoms with Crippen molar-refractivity contribution in [1.82, 2.24) is 4.90 Å². The van der Waals surface area contributed by atoms with Crippen molar-refractivity contribution >= 4 is 5.69 Å². The SMILES string of the molecule is CC(CNc1ccc(F)cc1C#N)N(C)C. The van der Waals surface area contributed by atoms with E-state index in [0.717, 1.165) is 0 Å². The van der Waals surface area contributed by atoms with E-state index in [1.54, 1.807) is 6.07 Å². The van der Waals surface area contributed by atoms with Crippen LogP contribution < -0.4 is 5.32 Å². The van der Waals surface area contributed by atoms with Gasteiger partial charge in [0, 0.05) is 12.6 Å². The quantitative estimate of drug-likeness (QED) is 0.845. The number of halogens is 1. The molecule has 1 unspecified atom stereocenters. The third-order valence-corrected chi connectivity index (χ3v) is 2.57. The molecule has 1 aromatic carbocycles. The molecule has 0 aliphatic rings. The maximum absolute atomic E-state index is 12.9. The van der Waals surface area contributed by atoms with Gasteiger partial charge in [0.25, 0.3) is 0 Å². The third-order valence-electron chi connectivity index (χ3n) is 2.57. The van der Waals surface area contributed by atoms with Gasteiger partial charge < -0.3 is 10.2 Å². The number of anilines is 1. The van der Waals surface area contributed by atoms with Gasteiger partial charge in [0.2, 0.25) is 0 Å². The molecule has 0 spiro atoms. The Hall–Kier alpha value is -1.60. The van der Waals surface area contributed by atoms with Gasteiger partial charge in [0.1, 0.15) is 11.9 Å². The molecule has 0 aliphatic heterocycles. The molecule has 0 aromatic heterocycles. The summed E-state index contributed by atoms with van der Waals surface area (Å²) in [4.78, 5) is 2.07. The Labute approximate surface area is 95.5 Å². The Balaban J connectivity index is 2.71. The summed E-state index contributed by atoms with van der Waals surface area (Å²) in [5.74, 6) is -0.386. The predicted octanol–water partition coefficient (Wildman–Crippen LogP) is 2.06. The van der Waals surface area contributed by atoms with E-state index in [9.17, 15) is 4.39 Å². The van der Waals surface area contributed by atoms with E-state index in [4.69, 9.17) is 5.26 Å². The van der Waals surface area contributed by atoms with Crippen molar-refractivity contribution in [2.45, 2.75) is 13.0 Å². The van der Waals surface area contributed by atoms with E-state index in [1.165, 1.54) is 12.1 Å². The highest BCUT2D eigenvalue weighted by Gasteiger charge is 2.07. The number of rotatable bonds is 4. The normalized spacial score (nSPS) is 12.2. The van der Waals surface area contributed by atoms with Crippen LogP contribution in [0.2, 0.25) is 0 Å². The first-order valence-corrected chi connectivity index (χ1v) is 5.14. The molecule has 1 atom stereocenters. The Morgan fingerprint density at radius 2 is 2.19 bits per heavy atom. The van der Waals surface area contributed by atoms with Crippen LogP contribution in [0.1, 0.15) is 12.5 Å². The summed E-state index contributed by atoms with van der Waals surface area (Å²) < 4.78 is 12.9. The lowest BCUT2D eigenvalue weighted by molar-refractivity contribution is 0.326. The summed E-state index contributed by atoms with van der Waals surface area (Å²) in [5, 5.41) is 12.0. The van der Waals surface area contributed by atoms with Crippen LogP contribution in [0.4, 0.5) is 10.1 Å². The maximum atomic E-state index is 12.9. The molecule has 0 amide bonds. The van der Waals surface area contributed by atoms with Crippen molar-refractivity contribution in [3.63, 3.8) is 0 Å². The van der Waals surface area contributed by atoms with Crippen LogP contribution >= 0.6 is 0 Å². The number of nitrogens with one attached hydrogen (secondary N) is 1. The molecule has 1 aromatic rings. The summed E-state index contributed by atoms with van der Waals surface area (Å²) in [6, 6.07) is 6.50. The second kappa shape index (κ2) is 5.47. The summed E-state index contributed by atoms with van der Waals surface area (Å²) in [6.07, 6.45) is 0. The van der Waals surface area contributed by atoms with Gasteiger partial charge in [-0.3, -0.25) is 0 Å². The fourth-order valence-corrected chi connectivity index (χ4v) is 1.20. The first-order valence-electron chi connectivity index (χ1n) is 5.14. The molecule has 4 heteroatoms. The van der Waals surface area contributed by atoms with Gasteiger partial charge in [0.05, 0.1) is 11.3 Å². The second-order valence-corrected chi connectivity index (χ2v) is 4.00. The van der Waals surface area contributed by atoms with Gasteiger partial charge in [-0.05, 0) is 39.2 Å². The van der Waals surface area contributed by atoms with Crippen LogP contribution in [0.15, 0.2) is 18.2 Å². The predicted molar refractivity (Wildman–Crippen MR) is 62.8 cm³/mol. The maximum Gasteiger partial charge on any atom is 0.124 e. The Morgan fingerprint density at radius 3 is 2.75 bits per heavy atom. The molecule has 0 heterocycles. The molecule has 1 N–H and O–H groups in total. The summed E-state index contributed by atoms with van der Waals surface area (Å²) in [5.41, 5.74) is 1.02. The molecule has 3 nitrogen and oxygen atoms in total. The molecule has 86 valence electrons. The molecule has 16 heavy (non-hydrogen) atoms. The van der Waals surface area contributed by atoms with Crippen LogP contribution in [-0.2, 0) is 0 Å². The summed E-state index contributed by atoms with van der Waals surface area (Å²) in [6.45, 7) is 2.79.